The number of rotatable bonds is 1. The Morgan fingerprint density at radius 3 is 2.74 bits per heavy atom. The highest BCUT2D eigenvalue weighted by Gasteiger charge is 2.56. The molecule has 27 heavy (non-hydrogen) atoms. The van der Waals surface area contributed by atoms with E-state index in [1.165, 1.54) is 7.11 Å². The van der Waals surface area contributed by atoms with Gasteiger partial charge in [0.1, 0.15) is 11.6 Å². The molecule has 7 heteroatoms. The molecule has 0 amide bonds. The molecule has 2 unspecified atom stereocenters. The van der Waals surface area contributed by atoms with Gasteiger partial charge in [-0.05, 0) is 13.0 Å². The van der Waals surface area contributed by atoms with Crippen molar-refractivity contribution in [2.45, 2.75) is 51.2 Å². The molecule has 2 aliphatic heterocycles. The molecule has 0 radical (unpaired) electrons. The van der Waals surface area contributed by atoms with Crippen molar-refractivity contribution in [2.75, 3.05) is 13.7 Å². The molecule has 1 spiro atoms. The van der Waals surface area contributed by atoms with Crippen LogP contribution in [0.5, 0.6) is 5.75 Å². The summed E-state index contributed by atoms with van der Waals surface area (Å²) < 4.78 is 41.1. The molecular weight excluding hydrogens is 354 g/mol. The number of pyridine rings is 1. The summed E-state index contributed by atoms with van der Waals surface area (Å²) in [7, 11) is 1.28. The van der Waals surface area contributed by atoms with Gasteiger partial charge in [0.05, 0.1) is 30.3 Å². The van der Waals surface area contributed by atoms with Crippen LogP contribution in [0.1, 0.15) is 37.9 Å². The third-order valence-electron chi connectivity index (χ3n) is 4.98. The largest absolute Gasteiger partial charge is 0.483 e. The van der Waals surface area contributed by atoms with Gasteiger partial charge in [0, 0.05) is 18.4 Å². The van der Waals surface area contributed by atoms with Gasteiger partial charge in [0.15, 0.2) is 5.75 Å². The summed E-state index contributed by atoms with van der Waals surface area (Å²) in [6, 6.07) is 6.20. The molecule has 1 saturated heterocycles. The van der Waals surface area contributed by atoms with Crippen LogP contribution in [0.4, 0.5) is 8.78 Å². The van der Waals surface area contributed by atoms with Crippen molar-refractivity contribution in [1.82, 2.24) is 10.3 Å². The van der Waals surface area contributed by atoms with Crippen molar-refractivity contribution in [2.24, 2.45) is 0 Å². The third-order valence-corrected chi connectivity index (χ3v) is 4.98. The second-order valence-corrected chi connectivity index (χ2v) is 6.75. The van der Waals surface area contributed by atoms with Crippen LogP contribution in [0.25, 0.3) is 10.9 Å². The van der Waals surface area contributed by atoms with E-state index in [0.29, 0.717) is 16.6 Å². The van der Waals surface area contributed by atoms with Crippen molar-refractivity contribution in [3.8, 4) is 5.75 Å². The molecule has 146 valence electrons. The van der Waals surface area contributed by atoms with E-state index in [2.05, 4.69) is 10.3 Å². The number of halogens is 2. The monoisotopic (exact) mass is 378 g/mol. The van der Waals surface area contributed by atoms with Gasteiger partial charge in [-0.2, -0.15) is 0 Å². The molecule has 4 rings (SSSR count). The highest BCUT2D eigenvalue weighted by atomic mass is 19.3. The Morgan fingerprint density at radius 2 is 2.04 bits per heavy atom. The number of nitrogens with one attached hydrogen (secondary N) is 1. The molecule has 2 aromatic rings. The molecule has 1 N–H and O–H groups in total. The van der Waals surface area contributed by atoms with E-state index in [1.54, 1.807) is 31.2 Å². The van der Waals surface area contributed by atoms with Crippen molar-refractivity contribution in [1.29, 1.82) is 0 Å². The van der Waals surface area contributed by atoms with Crippen molar-refractivity contribution in [3.63, 3.8) is 0 Å². The summed E-state index contributed by atoms with van der Waals surface area (Å²) in [6.45, 7) is 5.83. The summed E-state index contributed by atoms with van der Waals surface area (Å²) in [6.07, 6.45) is -0.345. The summed E-state index contributed by atoms with van der Waals surface area (Å²) in [4.78, 5) is 16.2. The number of esters is 1. The minimum Gasteiger partial charge on any atom is -0.483 e. The first kappa shape index (κ1) is 19.5. The summed E-state index contributed by atoms with van der Waals surface area (Å²) in [5, 5.41) is 3.34. The van der Waals surface area contributed by atoms with Crippen LogP contribution < -0.4 is 10.1 Å². The second-order valence-electron chi connectivity index (χ2n) is 6.75. The van der Waals surface area contributed by atoms with Crippen LogP contribution in [-0.4, -0.2) is 36.3 Å². The van der Waals surface area contributed by atoms with E-state index >= 15 is 8.78 Å². The summed E-state index contributed by atoms with van der Waals surface area (Å²) >= 11 is 0. The minimum atomic E-state index is -3.08. The van der Waals surface area contributed by atoms with E-state index in [0.717, 1.165) is 0 Å². The topological polar surface area (TPSA) is 60.5 Å². The van der Waals surface area contributed by atoms with Gasteiger partial charge in [-0.3, -0.25) is 4.79 Å². The lowest BCUT2D eigenvalue weighted by Crippen LogP contribution is -2.47. The number of alkyl halides is 2. The number of carbonyl (C=O) groups excluding carboxylic acids is 1. The normalized spacial score (nSPS) is 25.3. The molecule has 1 aromatic carbocycles. The number of aromatic nitrogens is 1. The zero-order valence-corrected chi connectivity index (χ0v) is 15.9. The van der Waals surface area contributed by atoms with E-state index < -0.39 is 30.0 Å². The van der Waals surface area contributed by atoms with Gasteiger partial charge in [-0.15, -0.1) is 0 Å². The Hall–Kier alpha value is -2.28. The highest BCUT2D eigenvalue weighted by Crippen LogP contribution is 2.52. The van der Waals surface area contributed by atoms with Crippen molar-refractivity contribution < 1.29 is 23.0 Å². The maximum atomic E-state index is 15.2. The maximum absolute atomic E-state index is 15.2. The lowest BCUT2D eigenvalue weighted by atomic mass is 9.84. The number of nitrogens with zero attached hydrogens (tertiary/aromatic N) is 1. The molecule has 1 fully saturated rings. The zero-order valence-electron chi connectivity index (χ0n) is 15.9. The van der Waals surface area contributed by atoms with Crippen LogP contribution >= 0.6 is 0 Å². The smallest absolute Gasteiger partial charge is 0.323 e. The van der Waals surface area contributed by atoms with Gasteiger partial charge in [-0.25, -0.2) is 13.8 Å². The van der Waals surface area contributed by atoms with Gasteiger partial charge < -0.3 is 14.8 Å². The van der Waals surface area contributed by atoms with Gasteiger partial charge >= 0.3 is 5.97 Å². The average Bonchev–Trinajstić information content (AvgIpc) is 3.05. The predicted octanol–water partition coefficient (Wildman–Crippen LogP) is 3.72. The first-order valence-corrected chi connectivity index (χ1v) is 9.13. The Balaban J connectivity index is 0.00000102. The molecule has 1 aromatic heterocycles. The Kier molecular flexibility index (Phi) is 5.08. The first-order chi connectivity index (χ1) is 12.9. The van der Waals surface area contributed by atoms with Crippen molar-refractivity contribution >= 4 is 16.9 Å². The van der Waals surface area contributed by atoms with Crippen LogP contribution in [0.3, 0.4) is 0 Å². The predicted molar refractivity (Wildman–Crippen MR) is 98.1 cm³/mol. The summed E-state index contributed by atoms with van der Waals surface area (Å²) in [5.74, 6) is -3.42. The molecule has 0 bridgehead atoms. The third kappa shape index (κ3) is 3.25. The fraction of sp³-hybridized carbons (Fsp3) is 0.500. The molecule has 3 heterocycles. The van der Waals surface area contributed by atoms with E-state index in [9.17, 15) is 4.79 Å². The molecule has 2 atom stereocenters. The van der Waals surface area contributed by atoms with Crippen LogP contribution in [0, 0.1) is 6.92 Å². The number of methoxy groups -OCH3 is 1. The number of carbonyl (C=O) groups is 1. The molecular formula is C20H24F2N2O3. The average molecular weight is 378 g/mol. The number of aryl methyl sites for hydroxylation is 1. The molecule has 2 aliphatic rings. The summed E-state index contributed by atoms with van der Waals surface area (Å²) in [5.41, 5.74) is -0.309. The number of benzene rings is 1. The number of ether oxygens (including phenoxy) is 2. The number of hydrogen-bond acceptors (Lipinski definition) is 5. The fourth-order valence-corrected chi connectivity index (χ4v) is 3.90. The number of hydrogen-bond donors (Lipinski definition) is 1. The van der Waals surface area contributed by atoms with Gasteiger partial charge in [-0.1, -0.05) is 32.0 Å². The lowest BCUT2D eigenvalue weighted by Gasteiger charge is -2.40. The fourth-order valence-electron chi connectivity index (χ4n) is 3.90. The van der Waals surface area contributed by atoms with Crippen molar-refractivity contribution in [3.05, 3.63) is 35.5 Å². The van der Waals surface area contributed by atoms with Gasteiger partial charge in [0.25, 0.3) is 5.92 Å². The standard InChI is InChI=1S/C18H18F2N2O3.C2H6/c1-10-15-14(11-5-3-4-6-12(11)22-10)18(19,20)8-17(25-15)7-13(21-9-17)16(23)24-2;1-2/h3-6,13,21H,7-9H2,1-2H3;1-2H3. The van der Waals surface area contributed by atoms with Crippen LogP contribution in [-0.2, 0) is 15.5 Å². The second kappa shape index (κ2) is 7.03. The zero-order chi connectivity index (χ0) is 19.8. The molecule has 0 aliphatic carbocycles. The van der Waals surface area contributed by atoms with E-state index in [-0.39, 0.29) is 24.3 Å². The molecule has 5 nitrogen and oxygen atoms in total. The van der Waals surface area contributed by atoms with E-state index in [4.69, 9.17) is 9.47 Å². The number of fused-ring (bicyclic) bond motifs is 3. The Bertz CT molecular complexity index is 872. The molecule has 0 saturated carbocycles. The van der Waals surface area contributed by atoms with Gasteiger partial charge in [0.2, 0.25) is 0 Å². The number of para-hydroxylation sites is 1. The van der Waals surface area contributed by atoms with Crippen LogP contribution in [0.15, 0.2) is 24.3 Å². The minimum absolute atomic E-state index is 0.109. The Morgan fingerprint density at radius 1 is 1.33 bits per heavy atom. The first-order valence-electron chi connectivity index (χ1n) is 9.13. The quantitative estimate of drug-likeness (QED) is 0.767. The van der Waals surface area contributed by atoms with E-state index in [1.807, 2.05) is 13.8 Å². The maximum Gasteiger partial charge on any atom is 0.323 e. The SMILES string of the molecule is CC.COC(=O)C1CC2(CN1)CC(F)(F)c1c(c(C)nc3ccccc13)O2. The lowest BCUT2D eigenvalue weighted by molar-refractivity contribution is -0.143. The van der Waals surface area contributed by atoms with Crippen LogP contribution in [0.2, 0.25) is 0 Å². The Labute approximate surface area is 157 Å². The highest BCUT2D eigenvalue weighted by molar-refractivity contribution is 5.86.